The molecule has 0 radical (unpaired) electrons. The average molecular weight is 295 g/mol. The Morgan fingerprint density at radius 1 is 1.35 bits per heavy atom. The summed E-state index contributed by atoms with van der Waals surface area (Å²) in [6.07, 6.45) is 7.08. The number of nitrogens with one attached hydrogen (secondary N) is 1. The van der Waals surface area contributed by atoms with Crippen LogP contribution in [0.1, 0.15) is 48.8 Å². The molecule has 4 heteroatoms. The Morgan fingerprint density at radius 2 is 2.10 bits per heavy atom. The molecule has 1 saturated carbocycles. The molecule has 2 atom stereocenters. The highest BCUT2D eigenvalue weighted by Gasteiger charge is 2.23. The lowest BCUT2D eigenvalue weighted by Gasteiger charge is -2.31. The number of esters is 1. The highest BCUT2D eigenvalue weighted by atomic mass is 32.1. The smallest absolute Gasteiger partial charge is 0.310 e. The molecule has 2 unspecified atom stereocenters. The molecule has 1 aliphatic rings. The van der Waals surface area contributed by atoms with E-state index in [4.69, 9.17) is 4.74 Å². The molecule has 1 heterocycles. The normalized spacial score (nSPS) is 22.7. The van der Waals surface area contributed by atoms with Gasteiger partial charge in [0.05, 0.1) is 13.5 Å². The van der Waals surface area contributed by atoms with Crippen molar-refractivity contribution in [3.8, 4) is 0 Å². The Balaban J connectivity index is 1.82. The fourth-order valence-corrected chi connectivity index (χ4v) is 3.98. The van der Waals surface area contributed by atoms with Crippen LogP contribution in [0.25, 0.3) is 0 Å². The molecule has 0 amide bonds. The summed E-state index contributed by atoms with van der Waals surface area (Å²) in [4.78, 5) is 13.6. The molecule has 1 N–H and O–H groups in total. The lowest BCUT2D eigenvalue weighted by molar-refractivity contribution is -0.139. The monoisotopic (exact) mass is 295 g/mol. The van der Waals surface area contributed by atoms with Gasteiger partial charge in [-0.3, -0.25) is 4.79 Å². The summed E-state index contributed by atoms with van der Waals surface area (Å²) in [7, 11) is 1.44. The Bertz CT molecular complexity index is 430. The summed E-state index contributed by atoms with van der Waals surface area (Å²) < 4.78 is 4.70. The van der Waals surface area contributed by atoms with Gasteiger partial charge in [-0.1, -0.05) is 26.2 Å². The second kappa shape index (κ2) is 7.79. The fourth-order valence-electron chi connectivity index (χ4n) is 3.02. The summed E-state index contributed by atoms with van der Waals surface area (Å²) >= 11 is 1.71. The van der Waals surface area contributed by atoms with Crippen molar-refractivity contribution in [2.45, 2.75) is 58.0 Å². The predicted octanol–water partition coefficient (Wildman–Crippen LogP) is 3.52. The minimum atomic E-state index is -0.162. The Labute approximate surface area is 125 Å². The van der Waals surface area contributed by atoms with Gasteiger partial charge < -0.3 is 10.1 Å². The summed E-state index contributed by atoms with van der Waals surface area (Å²) in [5.74, 6) is 0.669. The van der Waals surface area contributed by atoms with Crippen LogP contribution < -0.4 is 5.32 Å². The molecule has 0 aromatic carbocycles. The standard InChI is InChI=1S/C16H25NO2S/c1-3-12-6-4-5-7-15(12)17-11-14-9-8-13(20-14)10-16(18)19-2/h8-9,12,15,17H,3-7,10-11H2,1-2H3. The maximum absolute atomic E-state index is 11.2. The van der Waals surface area contributed by atoms with Gasteiger partial charge in [0.15, 0.2) is 0 Å². The van der Waals surface area contributed by atoms with E-state index in [-0.39, 0.29) is 5.97 Å². The fraction of sp³-hybridized carbons (Fsp3) is 0.688. The number of rotatable bonds is 6. The molecule has 3 nitrogen and oxygen atoms in total. The molecule has 0 spiro atoms. The van der Waals surface area contributed by atoms with Crippen molar-refractivity contribution in [3.63, 3.8) is 0 Å². The summed E-state index contributed by atoms with van der Waals surface area (Å²) in [5.41, 5.74) is 0. The van der Waals surface area contributed by atoms with E-state index in [0.717, 1.165) is 17.3 Å². The van der Waals surface area contributed by atoms with Crippen LogP contribution in [0.5, 0.6) is 0 Å². The number of hydrogen-bond acceptors (Lipinski definition) is 4. The average Bonchev–Trinajstić information content (AvgIpc) is 2.92. The van der Waals surface area contributed by atoms with Gasteiger partial charge in [-0.15, -0.1) is 11.3 Å². The van der Waals surface area contributed by atoms with Crippen molar-refractivity contribution in [3.05, 3.63) is 21.9 Å². The van der Waals surface area contributed by atoms with E-state index in [0.29, 0.717) is 12.5 Å². The van der Waals surface area contributed by atoms with E-state index in [1.54, 1.807) is 11.3 Å². The van der Waals surface area contributed by atoms with Gasteiger partial charge in [0.2, 0.25) is 0 Å². The number of methoxy groups -OCH3 is 1. The maximum atomic E-state index is 11.2. The van der Waals surface area contributed by atoms with Crippen LogP contribution in [0.3, 0.4) is 0 Å². The van der Waals surface area contributed by atoms with E-state index in [1.807, 2.05) is 6.07 Å². The molecular formula is C16H25NO2S. The number of carbonyl (C=O) groups is 1. The minimum Gasteiger partial charge on any atom is -0.469 e. The van der Waals surface area contributed by atoms with Crippen LogP contribution in [0.4, 0.5) is 0 Å². The van der Waals surface area contributed by atoms with Crippen molar-refractivity contribution in [2.24, 2.45) is 5.92 Å². The molecule has 1 aromatic heterocycles. The van der Waals surface area contributed by atoms with E-state index in [2.05, 4.69) is 18.3 Å². The third kappa shape index (κ3) is 4.32. The molecular weight excluding hydrogens is 270 g/mol. The van der Waals surface area contributed by atoms with E-state index in [1.165, 1.54) is 44.1 Å². The van der Waals surface area contributed by atoms with Crippen LogP contribution in [0.2, 0.25) is 0 Å². The van der Waals surface area contributed by atoms with Crippen LogP contribution in [-0.2, 0) is 22.5 Å². The zero-order chi connectivity index (χ0) is 14.4. The molecule has 20 heavy (non-hydrogen) atoms. The maximum Gasteiger partial charge on any atom is 0.310 e. The summed E-state index contributed by atoms with van der Waals surface area (Å²) in [6, 6.07) is 4.83. The van der Waals surface area contributed by atoms with E-state index < -0.39 is 0 Å². The summed E-state index contributed by atoms with van der Waals surface area (Å²) in [5, 5.41) is 3.71. The van der Waals surface area contributed by atoms with Crippen molar-refractivity contribution in [2.75, 3.05) is 7.11 Å². The van der Waals surface area contributed by atoms with Gasteiger partial charge in [-0.05, 0) is 30.9 Å². The highest BCUT2D eigenvalue weighted by Crippen LogP contribution is 2.27. The zero-order valence-corrected chi connectivity index (χ0v) is 13.3. The first-order valence-corrected chi connectivity index (χ1v) is 8.42. The Morgan fingerprint density at radius 3 is 2.85 bits per heavy atom. The van der Waals surface area contributed by atoms with Crippen LogP contribution in [0, 0.1) is 5.92 Å². The van der Waals surface area contributed by atoms with Gasteiger partial charge in [0, 0.05) is 22.3 Å². The third-order valence-electron chi connectivity index (χ3n) is 4.24. The molecule has 1 aromatic rings. The quantitative estimate of drug-likeness (QED) is 0.816. The van der Waals surface area contributed by atoms with Crippen LogP contribution >= 0.6 is 11.3 Å². The number of ether oxygens (including phenoxy) is 1. The first-order valence-electron chi connectivity index (χ1n) is 7.60. The number of carbonyl (C=O) groups excluding carboxylic acids is 1. The second-order valence-electron chi connectivity index (χ2n) is 5.56. The van der Waals surface area contributed by atoms with Crippen molar-refractivity contribution >= 4 is 17.3 Å². The minimum absolute atomic E-state index is 0.162. The van der Waals surface area contributed by atoms with Crippen molar-refractivity contribution in [1.29, 1.82) is 0 Å². The molecule has 0 aliphatic heterocycles. The van der Waals surface area contributed by atoms with Crippen LogP contribution in [0.15, 0.2) is 12.1 Å². The molecule has 2 rings (SSSR count). The van der Waals surface area contributed by atoms with E-state index >= 15 is 0 Å². The molecule has 1 aliphatic carbocycles. The van der Waals surface area contributed by atoms with Gasteiger partial charge in [0.1, 0.15) is 0 Å². The number of hydrogen-bond donors (Lipinski definition) is 1. The molecule has 0 bridgehead atoms. The molecule has 112 valence electrons. The van der Waals surface area contributed by atoms with Gasteiger partial charge in [-0.25, -0.2) is 0 Å². The molecule has 1 fully saturated rings. The first-order chi connectivity index (χ1) is 9.72. The molecule has 0 saturated heterocycles. The SMILES string of the molecule is CCC1CCCCC1NCc1ccc(CC(=O)OC)s1. The zero-order valence-electron chi connectivity index (χ0n) is 12.5. The van der Waals surface area contributed by atoms with Gasteiger partial charge >= 0.3 is 5.97 Å². The number of thiophene rings is 1. The largest absolute Gasteiger partial charge is 0.469 e. The van der Waals surface area contributed by atoms with Crippen molar-refractivity contribution < 1.29 is 9.53 Å². The Hall–Kier alpha value is -0.870. The first kappa shape index (κ1) is 15.5. The third-order valence-corrected chi connectivity index (χ3v) is 5.32. The topological polar surface area (TPSA) is 38.3 Å². The van der Waals surface area contributed by atoms with Gasteiger partial charge in [0.25, 0.3) is 0 Å². The highest BCUT2D eigenvalue weighted by molar-refractivity contribution is 7.12. The lowest BCUT2D eigenvalue weighted by atomic mass is 9.83. The summed E-state index contributed by atoms with van der Waals surface area (Å²) in [6.45, 7) is 3.22. The van der Waals surface area contributed by atoms with Gasteiger partial charge in [-0.2, -0.15) is 0 Å². The van der Waals surface area contributed by atoms with Crippen LogP contribution in [-0.4, -0.2) is 19.1 Å². The Kier molecular flexibility index (Phi) is 6.05. The van der Waals surface area contributed by atoms with Crippen molar-refractivity contribution in [1.82, 2.24) is 5.32 Å². The van der Waals surface area contributed by atoms with E-state index in [9.17, 15) is 4.79 Å². The predicted molar refractivity (Wildman–Crippen MR) is 82.9 cm³/mol. The second-order valence-corrected chi connectivity index (χ2v) is 6.81. The lowest BCUT2D eigenvalue weighted by Crippen LogP contribution is -2.37.